The Morgan fingerprint density at radius 2 is 1.73 bits per heavy atom. The van der Waals surface area contributed by atoms with Crippen molar-refractivity contribution in [3.8, 4) is 0 Å². The number of rotatable bonds is 5. The first-order valence-electron chi connectivity index (χ1n) is 6.45. The molecule has 2 aromatic rings. The van der Waals surface area contributed by atoms with Gasteiger partial charge in [-0.3, -0.25) is 9.52 Å². The maximum absolute atomic E-state index is 13.5. The quantitative estimate of drug-likeness (QED) is 0.885. The van der Waals surface area contributed by atoms with Crippen LogP contribution < -0.4 is 10.0 Å². The van der Waals surface area contributed by atoms with Crippen LogP contribution in [0.25, 0.3) is 0 Å². The summed E-state index contributed by atoms with van der Waals surface area (Å²) in [5, 5.41) is 2.57. The summed E-state index contributed by atoms with van der Waals surface area (Å²) in [5.74, 6) is -0.902. The van der Waals surface area contributed by atoms with E-state index in [1.807, 2.05) is 0 Å². The maximum atomic E-state index is 13.5. The number of sulfonamides is 1. The third kappa shape index (κ3) is 4.29. The fraction of sp³-hybridized carbons (Fsp3) is 0.133. The monoisotopic (exact) mass is 322 g/mol. The molecule has 0 saturated carbocycles. The third-order valence-electron chi connectivity index (χ3n) is 2.86. The average molecular weight is 322 g/mol. The van der Waals surface area contributed by atoms with E-state index in [2.05, 4.69) is 10.0 Å². The largest absolute Gasteiger partial charge is 0.348 e. The standard InChI is InChI=1S/C15H15FN2O3S/c1-22(20,21)18-14-9-5-3-7-12(14)15(19)17-10-11-6-2-4-8-13(11)16/h2-9,18H,10H2,1H3,(H,17,19). The van der Waals surface area contributed by atoms with Gasteiger partial charge in [-0.15, -0.1) is 0 Å². The first kappa shape index (κ1) is 16.0. The first-order valence-corrected chi connectivity index (χ1v) is 8.34. The fourth-order valence-corrected chi connectivity index (χ4v) is 2.46. The van der Waals surface area contributed by atoms with Crippen molar-refractivity contribution in [2.75, 3.05) is 11.0 Å². The molecule has 0 aliphatic heterocycles. The number of carbonyl (C=O) groups is 1. The summed E-state index contributed by atoms with van der Waals surface area (Å²) in [4.78, 5) is 12.2. The molecular formula is C15H15FN2O3S. The molecule has 0 atom stereocenters. The van der Waals surface area contributed by atoms with E-state index in [0.29, 0.717) is 5.56 Å². The summed E-state index contributed by atoms with van der Waals surface area (Å²) in [6.45, 7) is 0.0126. The molecule has 0 unspecified atom stereocenters. The van der Waals surface area contributed by atoms with Gasteiger partial charge in [0, 0.05) is 12.1 Å². The van der Waals surface area contributed by atoms with Crippen molar-refractivity contribution in [1.29, 1.82) is 0 Å². The van der Waals surface area contributed by atoms with Gasteiger partial charge in [-0.2, -0.15) is 0 Å². The number of halogens is 1. The van der Waals surface area contributed by atoms with Crippen molar-refractivity contribution in [2.45, 2.75) is 6.54 Å². The average Bonchev–Trinajstić information content (AvgIpc) is 2.45. The van der Waals surface area contributed by atoms with E-state index in [-0.39, 0.29) is 17.8 Å². The molecule has 2 aromatic carbocycles. The molecule has 116 valence electrons. The number of benzene rings is 2. The Hall–Kier alpha value is -2.41. The number of carbonyl (C=O) groups excluding carboxylic acids is 1. The van der Waals surface area contributed by atoms with Gasteiger partial charge in [0.05, 0.1) is 17.5 Å². The molecule has 5 nitrogen and oxygen atoms in total. The summed E-state index contributed by atoms with van der Waals surface area (Å²) in [6.07, 6.45) is 1.00. The summed E-state index contributed by atoms with van der Waals surface area (Å²) in [6, 6.07) is 12.3. The molecule has 0 spiro atoms. The van der Waals surface area contributed by atoms with E-state index < -0.39 is 21.7 Å². The molecule has 0 bridgehead atoms. The van der Waals surface area contributed by atoms with Crippen LogP contribution in [0.15, 0.2) is 48.5 Å². The van der Waals surface area contributed by atoms with Gasteiger partial charge >= 0.3 is 0 Å². The second-order valence-corrected chi connectivity index (χ2v) is 6.44. The van der Waals surface area contributed by atoms with Crippen LogP contribution in [0.4, 0.5) is 10.1 Å². The Balaban J connectivity index is 2.15. The summed E-state index contributed by atoms with van der Waals surface area (Å²) < 4.78 is 38.4. The van der Waals surface area contributed by atoms with Crippen molar-refractivity contribution in [3.05, 3.63) is 65.5 Å². The van der Waals surface area contributed by atoms with Crippen molar-refractivity contribution in [3.63, 3.8) is 0 Å². The molecule has 0 radical (unpaired) electrons. The van der Waals surface area contributed by atoms with Crippen molar-refractivity contribution in [2.24, 2.45) is 0 Å². The third-order valence-corrected chi connectivity index (χ3v) is 3.45. The lowest BCUT2D eigenvalue weighted by atomic mass is 10.1. The molecule has 7 heteroatoms. The Kier molecular flexibility index (Phi) is 4.77. The van der Waals surface area contributed by atoms with Crippen molar-refractivity contribution >= 4 is 21.6 Å². The van der Waals surface area contributed by atoms with E-state index in [4.69, 9.17) is 0 Å². The van der Waals surface area contributed by atoms with E-state index >= 15 is 0 Å². The topological polar surface area (TPSA) is 75.3 Å². The predicted octanol–water partition coefficient (Wildman–Crippen LogP) is 2.13. The van der Waals surface area contributed by atoms with Crippen LogP contribution in [0.5, 0.6) is 0 Å². The van der Waals surface area contributed by atoms with Crippen LogP contribution in [-0.4, -0.2) is 20.6 Å². The van der Waals surface area contributed by atoms with Gasteiger partial charge < -0.3 is 5.32 Å². The van der Waals surface area contributed by atoms with E-state index in [1.54, 1.807) is 30.3 Å². The number of hydrogen-bond acceptors (Lipinski definition) is 3. The highest BCUT2D eigenvalue weighted by molar-refractivity contribution is 7.92. The molecule has 1 amide bonds. The number of hydrogen-bond donors (Lipinski definition) is 2. The van der Waals surface area contributed by atoms with Gasteiger partial charge in [0.25, 0.3) is 5.91 Å². The first-order chi connectivity index (χ1) is 10.4. The number of nitrogens with one attached hydrogen (secondary N) is 2. The smallest absolute Gasteiger partial charge is 0.253 e. The Morgan fingerprint density at radius 3 is 2.41 bits per heavy atom. The molecule has 0 heterocycles. The zero-order chi connectivity index (χ0) is 16.2. The Labute approximate surface area is 128 Å². The van der Waals surface area contributed by atoms with E-state index in [1.165, 1.54) is 18.2 Å². The van der Waals surface area contributed by atoms with Crippen LogP contribution in [0.3, 0.4) is 0 Å². The van der Waals surface area contributed by atoms with Crippen LogP contribution >= 0.6 is 0 Å². The molecular weight excluding hydrogens is 307 g/mol. The molecule has 0 saturated heterocycles. The fourth-order valence-electron chi connectivity index (χ4n) is 1.88. The summed E-state index contributed by atoms with van der Waals surface area (Å²) in [5.41, 5.74) is 0.699. The highest BCUT2D eigenvalue weighted by atomic mass is 32.2. The highest BCUT2D eigenvalue weighted by Crippen LogP contribution is 2.16. The Bertz CT molecular complexity index is 791. The molecule has 2 rings (SSSR count). The van der Waals surface area contributed by atoms with E-state index in [0.717, 1.165) is 6.26 Å². The van der Waals surface area contributed by atoms with Crippen LogP contribution in [0.1, 0.15) is 15.9 Å². The van der Waals surface area contributed by atoms with Gasteiger partial charge in [0.1, 0.15) is 5.82 Å². The molecule has 0 aliphatic rings. The normalized spacial score (nSPS) is 11.0. The van der Waals surface area contributed by atoms with Gasteiger partial charge in [-0.05, 0) is 18.2 Å². The lowest BCUT2D eigenvalue weighted by Crippen LogP contribution is -2.25. The highest BCUT2D eigenvalue weighted by Gasteiger charge is 2.13. The lowest BCUT2D eigenvalue weighted by Gasteiger charge is -2.11. The van der Waals surface area contributed by atoms with E-state index in [9.17, 15) is 17.6 Å². The molecule has 0 aromatic heterocycles. The minimum atomic E-state index is -3.50. The molecule has 0 aliphatic carbocycles. The van der Waals surface area contributed by atoms with Gasteiger partial charge in [0.15, 0.2) is 0 Å². The van der Waals surface area contributed by atoms with Gasteiger partial charge in [-0.25, -0.2) is 12.8 Å². The van der Waals surface area contributed by atoms with Crippen LogP contribution in [-0.2, 0) is 16.6 Å². The summed E-state index contributed by atoms with van der Waals surface area (Å²) >= 11 is 0. The number of amides is 1. The lowest BCUT2D eigenvalue weighted by molar-refractivity contribution is 0.0951. The number of para-hydroxylation sites is 1. The molecule has 0 fully saturated rings. The second kappa shape index (κ2) is 6.57. The van der Waals surface area contributed by atoms with Crippen LogP contribution in [0.2, 0.25) is 0 Å². The summed E-state index contributed by atoms with van der Waals surface area (Å²) in [7, 11) is -3.50. The van der Waals surface area contributed by atoms with Gasteiger partial charge in [-0.1, -0.05) is 30.3 Å². The van der Waals surface area contributed by atoms with Crippen molar-refractivity contribution < 1.29 is 17.6 Å². The maximum Gasteiger partial charge on any atom is 0.253 e. The van der Waals surface area contributed by atoms with Gasteiger partial charge in [0.2, 0.25) is 10.0 Å². The van der Waals surface area contributed by atoms with Crippen molar-refractivity contribution in [1.82, 2.24) is 5.32 Å². The SMILES string of the molecule is CS(=O)(=O)Nc1ccccc1C(=O)NCc1ccccc1F. The second-order valence-electron chi connectivity index (χ2n) is 4.69. The minimum Gasteiger partial charge on any atom is -0.348 e. The molecule has 2 N–H and O–H groups in total. The van der Waals surface area contributed by atoms with Crippen LogP contribution in [0, 0.1) is 5.82 Å². The zero-order valence-corrected chi connectivity index (χ0v) is 12.7. The number of anilines is 1. The molecule has 22 heavy (non-hydrogen) atoms. The zero-order valence-electron chi connectivity index (χ0n) is 11.8. The predicted molar refractivity (Wildman–Crippen MR) is 82.5 cm³/mol. The Morgan fingerprint density at radius 1 is 1.09 bits per heavy atom. The minimum absolute atomic E-state index is 0.0126.